The van der Waals surface area contributed by atoms with Gasteiger partial charge in [-0.25, -0.2) is 0 Å². The molecule has 0 aliphatic carbocycles. The summed E-state index contributed by atoms with van der Waals surface area (Å²) in [5.74, 6) is -1.93. The van der Waals surface area contributed by atoms with Crippen molar-refractivity contribution >= 4 is 15.9 Å². The van der Waals surface area contributed by atoms with Gasteiger partial charge in [0.15, 0.2) is 0 Å². The van der Waals surface area contributed by atoms with Gasteiger partial charge < -0.3 is 15.3 Å². The molecule has 2 N–H and O–H groups in total. The number of sulfonamides is 1. The molecule has 1 atom stereocenters. The second kappa shape index (κ2) is 5.19. The Morgan fingerprint density at radius 3 is 2.18 bits per heavy atom. The lowest BCUT2D eigenvalue weighted by molar-refractivity contribution is -0.241. The van der Waals surface area contributed by atoms with Crippen molar-refractivity contribution in [2.75, 3.05) is 6.61 Å². The Morgan fingerprint density at radius 2 is 1.88 bits per heavy atom. The van der Waals surface area contributed by atoms with E-state index in [4.69, 9.17) is 5.11 Å². The van der Waals surface area contributed by atoms with Gasteiger partial charge in [0.2, 0.25) is 0 Å². The van der Waals surface area contributed by atoms with Crippen molar-refractivity contribution in [2.45, 2.75) is 30.9 Å². The number of alkyl halides is 3. The SMILES string of the molecule is CCCC(O)(CO)/C([O-])=N/S(=O)(=O)C(F)(F)F. The van der Waals surface area contributed by atoms with E-state index in [1.807, 2.05) is 4.40 Å². The first-order chi connectivity index (χ1) is 7.50. The quantitative estimate of drug-likeness (QED) is 0.501. The summed E-state index contributed by atoms with van der Waals surface area (Å²) in [5, 5.41) is 29.2. The zero-order valence-electron chi connectivity index (χ0n) is 8.73. The summed E-state index contributed by atoms with van der Waals surface area (Å²) in [5.41, 5.74) is -8.32. The van der Waals surface area contributed by atoms with E-state index < -0.39 is 40.1 Å². The molecule has 0 amide bonds. The minimum atomic E-state index is -6.00. The van der Waals surface area contributed by atoms with Crippen LogP contribution in [-0.2, 0) is 10.0 Å². The van der Waals surface area contributed by atoms with Crippen LogP contribution in [0, 0.1) is 0 Å². The largest absolute Gasteiger partial charge is 0.859 e. The van der Waals surface area contributed by atoms with Crippen molar-refractivity contribution in [1.82, 2.24) is 0 Å². The molecule has 0 bridgehead atoms. The second-order valence-electron chi connectivity index (χ2n) is 3.26. The first-order valence-corrected chi connectivity index (χ1v) is 5.86. The summed E-state index contributed by atoms with van der Waals surface area (Å²) in [4.78, 5) is 0. The van der Waals surface area contributed by atoms with Crippen LogP contribution in [0.15, 0.2) is 4.40 Å². The number of halogens is 3. The van der Waals surface area contributed by atoms with Gasteiger partial charge in [-0.3, -0.25) is 0 Å². The van der Waals surface area contributed by atoms with Crippen molar-refractivity contribution in [3.63, 3.8) is 0 Å². The van der Waals surface area contributed by atoms with Crippen LogP contribution < -0.4 is 5.11 Å². The van der Waals surface area contributed by atoms with Crippen LogP contribution in [0.1, 0.15) is 19.8 Å². The third kappa shape index (κ3) is 3.82. The molecule has 1 unspecified atom stereocenters. The molecule has 102 valence electrons. The zero-order valence-corrected chi connectivity index (χ0v) is 9.55. The lowest BCUT2D eigenvalue weighted by Crippen LogP contribution is -2.50. The van der Waals surface area contributed by atoms with Gasteiger partial charge in [0.05, 0.1) is 6.61 Å². The maximum Gasteiger partial charge on any atom is 0.518 e. The fourth-order valence-electron chi connectivity index (χ4n) is 0.913. The van der Waals surface area contributed by atoms with Gasteiger partial charge in [0, 0.05) is 5.90 Å². The van der Waals surface area contributed by atoms with E-state index in [1.54, 1.807) is 0 Å². The molecule has 0 saturated heterocycles. The monoisotopic (exact) mass is 278 g/mol. The standard InChI is InChI=1S/C7H12F3NO5S/c1-2-3-6(14,4-12)5(13)11-17(15,16)7(8,9)10/h12,14H,2-4H2,1H3,(H,11,13)/p-1. The molecule has 0 aromatic rings. The highest BCUT2D eigenvalue weighted by molar-refractivity contribution is 7.91. The highest BCUT2D eigenvalue weighted by Crippen LogP contribution is 2.25. The molecule has 6 nitrogen and oxygen atoms in total. The minimum Gasteiger partial charge on any atom is -0.859 e. The Kier molecular flexibility index (Phi) is 4.92. The molecule has 0 aliphatic heterocycles. The Bertz CT molecular complexity index is 391. The van der Waals surface area contributed by atoms with E-state index in [9.17, 15) is 31.8 Å². The zero-order chi connectivity index (χ0) is 13.9. The molecule has 10 heteroatoms. The number of hydrogen-bond acceptors (Lipinski definition) is 5. The predicted octanol–water partition coefficient (Wildman–Crippen LogP) is -0.882. The molecule has 0 aromatic heterocycles. The van der Waals surface area contributed by atoms with E-state index in [-0.39, 0.29) is 6.42 Å². The number of aliphatic hydroxyl groups is 2. The predicted molar refractivity (Wildman–Crippen MR) is 49.4 cm³/mol. The fourth-order valence-corrected chi connectivity index (χ4v) is 1.40. The van der Waals surface area contributed by atoms with Gasteiger partial charge in [0.1, 0.15) is 5.60 Å². The molecule has 0 spiro atoms. The Balaban J connectivity index is 5.37. The van der Waals surface area contributed by atoms with Gasteiger partial charge in [-0.15, -0.1) is 0 Å². The van der Waals surface area contributed by atoms with Gasteiger partial charge in [0.25, 0.3) is 0 Å². The smallest absolute Gasteiger partial charge is 0.518 e. The number of rotatable bonds is 5. The van der Waals surface area contributed by atoms with E-state index in [0.29, 0.717) is 0 Å². The number of aliphatic hydroxyl groups excluding tert-OH is 1. The van der Waals surface area contributed by atoms with Crippen LogP contribution in [0.5, 0.6) is 0 Å². The third-order valence-electron chi connectivity index (χ3n) is 1.82. The van der Waals surface area contributed by atoms with E-state index in [1.165, 1.54) is 6.92 Å². The molecule has 0 aromatic carbocycles. The van der Waals surface area contributed by atoms with Gasteiger partial charge in [-0.2, -0.15) is 26.0 Å². The molecule has 0 heterocycles. The Morgan fingerprint density at radius 1 is 1.41 bits per heavy atom. The van der Waals surface area contributed by atoms with Crippen LogP contribution in [0.3, 0.4) is 0 Å². The summed E-state index contributed by atoms with van der Waals surface area (Å²) in [7, 11) is -6.00. The van der Waals surface area contributed by atoms with Crippen molar-refractivity contribution in [2.24, 2.45) is 4.40 Å². The molecule has 0 radical (unpaired) electrons. The first-order valence-electron chi connectivity index (χ1n) is 4.42. The normalized spacial score (nSPS) is 17.9. The van der Waals surface area contributed by atoms with Crippen molar-refractivity contribution < 1.29 is 36.9 Å². The number of nitrogens with zero attached hydrogens (tertiary/aromatic N) is 1. The Hall–Kier alpha value is -0.870. The van der Waals surface area contributed by atoms with Gasteiger partial charge in [-0.1, -0.05) is 13.3 Å². The Labute approximate surface area is 95.5 Å². The van der Waals surface area contributed by atoms with Crippen LogP contribution >= 0.6 is 0 Å². The fraction of sp³-hybridized carbons (Fsp3) is 0.857. The maximum atomic E-state index is 11.9. The second-order valence-corrected chi connectivity index (χ2v) is 4.85. The van der Waals surface area contributed by atoms with Crippen LogP contribution in [0.2, 0.25) is 0 Å². The summed E-state index contributed by atoms with van der Waals surface area (Å²) in [6.45, 7) is 0.267. The number of hydrogen-bond donors (Lipinski definition) is 2. The highest BCUT2D eigenvalue weighted by Gasteiger charge is 2.46. The van der Waals surface area contributed by atoms with E-state index in [0.717, 1.165) is 0 Å². The maximum absolute atomic E-state index is 11.9. The topological polar surface area (TPSA) is 110 Å². The van der Waals surface area contributed by atoms with Crippen LogP contribution in [0.25, 0.3) is 0 Å². The lowest BCUT2D eigenvalue weighted by atomic mass is 9.99. The molecule has 0 aliphatic rings. The molecular formula is C7H11F3NO5S-. The summed E-state index contributed by atoms with van der Waals surface area (Å²) >= 11 is 0. The lowest BCUT2D eigenvalue weighted by Gasteiger charge is -2.30. The molecule has 0 rings (SSSR count). The highest BCUT2D eigenvalue weighted by atomic mass is 32.2. The molecule has 0 fully saturated rings. The first kappa shape index (κ1) is 16.1. The average Bonchev–Trinajstić information content (AvgIpc) is 2.15. The minimum absolute atomic E-state index is 0.143. The molecule has 0 saturated carbocycles. The van der Waals surface area contributed by atoms with Crippen molar-refractivity contribution in [1.29, 1.82) is 0 Å². The van der Waals surface area contributed by atoms with E-state index >= 15 is 0 Å². The summed E-state index contributed by atoms with van der Waals surface area (Å²) in [6, 6.07) is 0. The third-order valence-corrected chi connectivity index (χ3v) is 2.81. The average molecular weight is 278 g/mol. The van der Waals surface area contributed by atoms with E-state index in [2.05, 4.69) is 0 Å². The van der Waals surface area contributed by atoms with Gasteiger partial charge in [-0.05, 0) is 6.42 Å². The van der Waals surface area contributed by atoms with Crippen LogP contribution in [0.4, 0.5) is 13.2 Å². The van der Waals surface area contributed by atoms with Crippen molar-refractivity contribution in [3.8, 4) is 0 Å². The van der Waals surface area contributed by atoms with Crippen molar-refractivity contribution in [3.05, 3.63) is 0 Å². The summed E-state index contributed by atoms with van der Waals surface area (Å²) in [6.07, 6.45) is -0.260. The van der Waals surface area contributed by atoms with Gasteiger partial charge >= 0.3 is 15.5 Å². The molecule has 17 heavy (non-hydrogen) atoms. The van der Waals surface area contributed by atoms with Crippen LogP contribution in [-0.4, -0.2) is 42.2 Å². The molecular weight excluding hydrogens is 267 g/mol. The summed E-state index contributed by atoms with van der Waals surface area (Å²) < 4.78 is 58.7.